The van der Waals surface area contributed by atoms with E-state index in [0.717, 1.165) is 35.6 Å². The smallest absolute Gasteiger partial charge is 0.193 e. The number of imidazole rings is 1. The third-order valence-electron chi connectivity index (χ3n) is 4.82. The zero-order valence-electron chi connectivity index (χ0n) is 14.9. The highest BCUT2D eigenvalue weighted by Crippen LogP contribution is 2.27. The van der Waals surface area contributed by atoms with E-state index in [4.69, 9.17) is 5.73 Å². The number of aliphatic imine (C=N–C) groups is 1. The highest BCUT2D eigenvalue weighted by atomic mass is 127. The zero-order valence-corrected chi connectivity index (χ0v) is 17.2. The molecule has 0 bridgehead atoms. The fraction of sp³-hybridized carbons (Fsp3) is 0.300. The van der Waals surface area contributed by atoms with Crippen LogP contribution < -0.4 is 11.1 Å². The average Bonchev–Trinajstić information content (AvgIpc) is 3.05. The van der Waals surface area contributed by atoms with Crippen LogP contribution in [0.5, 0.6) is 0 Å². The molecule has 5 nitrogen and oxygen atoms in total. The summed E-state index contributed by atoms with van der Waals surface area (Å²) in [6.07, 6.45) is 6.79. The van der Waals surface area contributed by atoms with Crippen molar-refractivity contribution < 1.29 is 0 Å². The number of fused-ring (bicyclic) bond motifs is 2. The van der Waals surface area contributed by atoms with Crippen molar-refractivity contribution in [3.63, 3.8) is 0 Å². The Morgan fingerprint density at radius 3 is 2.85 bits per heavy atom. The predicted molar refractivity (Wildman–Crippen MR) is 117 cm³/mol. The van der Waals surface area contributed by atoms with Crippen LogP contribution >= 0.6 is 24.0 Å². The number of halogens is 1. The largest absolute Gasteiger partial charge is 0.370 e. The monoisotopic (exact) mass is 461 g/mol. The Morgan fingerprint density at radius 1 is 1.19 bits per heavy atom. The molecule has 136 valence electrons. The van der Waals surface area contributed by atoms with Crippen LogP contribution in [0.4, 0.5) is 5.69 Å². The zero-order chi connectivity index (χ0) is 17.2. The van der Waals surface area contributed by atoms with E-state index in [1.54, 1.807) is 0 Å². The Hall–Kier alpha value is -2.09. The third kappa shape index (κ3) is 3.85. The van der Waals surface area contributed by atoms with Gasteiger partial charge in [-0.1, -0.05) is 18.2 Å². The molecule has 6 heteroatoms. The van der Waals surface area contributed by atoms with Crippen LogP contribution in [0.15, 0.2) is 47.6 Å². The number of hydrogen-bond acceptors (Lipinski definition) is 2. The number of aryl methyl sites for hydroxylation is 2. The van der Waals surface area contributed by atoms with Gasteiger partial charge in [-0.15, -0.1) is 24.0 Å². The summed E-state index contributed by atoms with van der Waals surface area (Å²) in [5.41, 5.74) is 13.0. The Bertz CT molecular complexity index is 945. The summed E-state index contributed by atoms with van der Waals surface area (Å²) in [4.78, 5) is 9.07. The molecule has 1 aromatic carbocycles. The standard InChI is InChI=1S/C20H23N5.HI/c1-14-6-4-11-19-23-16(13-25(14)19)12-22-20(21)24-18-10-5-8-15-7-2-3-9-17(15)18;/h4-6,8,10-11,13H,2-3,7,9,12H2,1H3,(H3,21,22,24);1H. The average molecular weight is 461 g/mol. The summed E-state index contributed by atoms with van der Waals surface area (Å²) in [5.74, 6) is 0.438. The first kappa shape index (κ1) is 18.7. The highest BCUT2D eigenvalue weighted by Gasteiger charge is 2.13. The van der Waals surface area contributed by atoms with Gasteiger partial charge in [-0.25, -0.2) is 9.98 Å². The topological polar surface area (TPSA) is 67.7 Å². The van der Waals surface area contributed by atoms with E-state index in [1.807, 2.05) is 18.3 Å². The third-order valence-corrected chi connectivity index (χ3v) is 4.82. The minimum absolute atomic E-state index is 0. The minimum Gasteiger partial charge on any atom is -0.370 e. The summed E-state index contributed by atoms with van der Waals surface area (Å²) < 4.78 is 2.07. The van der Waals surface area contributed by atoms with Gasteiger partial charge >= 0.3 is 0 Å². The van der Waals surface area contributed by atoms with Crippen molar-refractivity contribution in [1.82, 2.24) is 9.38 Å². The summed E-state index contributed by atoms with van der Waals surface area (Å²) in [7, 11) is 0. The number of nitrogens with one attached hydrogen (secondary N) is 1. The molecule has 26 heavy (non-hydrogen) atoms. The lowest BCUT2D eigenvalue weighted by atomic mass is 9.90. The number of anilines is 1. The molecular formula is C20H24IN5. The molecule has 1 aliphatic carbocycles. The van der Waals surface area contributed by atoms with E-state index in [-0.39, 0.29) is 24.0 Å². The van der Waals surface area contributed by atoms with Crippen LogP contribution in [0, 0.1) is 6.92 Å². The first-order valence-electron chi connectivity index (χ1n) is 8.82. The molecule has 0 amide bonds. The number of nitrogens with zero attached hydrogens (tertiary/aromatic N) is 3. The lowest BCUT2D eigenvalue weighted by Gasteiger charge is -2.19. The normalized spacial score (nSPS) is 14.0. The first-order chi connectivity index (χ1) is 12.2. The highest BCUT2D eigenvalue weighted by molar-refractivity contribution is 14.0. The van der Waals surface area contributed by atoms with Crippen molar-refractivity contribution >= 4 is 41.3 Å². The van der Waals surface area contributed by atoms with Gasteiger partial charge in [-0.2, -0.15) is 0 Å². The second-order valence-corrected chi connectivity index (χ2v) is 6.60. The molecule has 3 N–H and O–H groups in total. The predicted octanol–water partition coefficient (Wildman–Crippen LogP) is 4.07. The van der Waals surface area contributed by atoms with Gasteiger partial charge in [-0.05, 0) is 61.9 Å². The Morgan fingerprint density at radius 2 is 2.00 bits per heavy atom. The molecule has 0 fully saturated rings. The van der Waals surface area contributed by atoms with Gasteiger partial charge in [0.1, 0.15) is 5.65 Å². The van der Waals surface area contributed by atoms with Crippen LogP contribution in [0.3, 0.4) is 0 Å². The van der Waals surface area contributed by atoms with E-state index in [2.05, 4.69) is 50.9 Å². The lowest BCUT2D eigenvalue weighted by molar-refractivity contribution is 0.687. The number of guanidine groups is 1. The first-order valence-corrected chi connectivity index (χ1v) is 8.82. The molecule has 0 atom stereocenters. The SMILES string of the molecule is Cc1cccc2nc(CN=C(N)Nc3cccc4c3CCCC4)cn12.I. The van der Waals surface area contributed by atoms with Crippen LogP contribution in [0.2, 0.25) is 0 Å². The fourth-order valence-corrected chi connectivity index (χ4v) is 3.52. The molecule has 2 aromatic heterocycles. The summed E-state index contributed by atoms with van der Waals surface area (Å²) in [6, 6.07) is 12.5. The van der Waals surface area contributed by atoms with Gasteiger partial charge < -0.3 is 15.5 Å². The number of pyridine rings is 1. The second-order valence-electron chi connectivity index (χ2n) is 6.60. The number of benzene rings is 1. The molecule has 0 saturated carbocycles. The van der Waals surface area contributed by atoms with Crippen molar-refractivity contribution in [3.8, 4) is 0 Å². The van der Waals surface area contributed by atoms with Gasteiger partial charge in [0.2, 0.25) is 0 Å². The van der Waals surface area contributed by atoms with Gasteiger partial charge in [0.25, 0.3) is 0 Å². The van der Waals surface area contributed by atoms with E-state index in [9.17, 15) is 0 Å². The van der Waals surface area contributed by atoms with Gasteiger partial charge in [-0.3, -0.25) is 0 Å². The lowest BCUT2D eigenvalue weighted by Crippen LogP contribution is -2.24. The van der Waals surface area contributed by atoms with E-state index in [1.165, 1.54) is 24.0 Å². The van der Waals surface area contributed by atoms with Gasteiger partial charge in [0, 0.05) is 17.6 Å². The molecule has 0 spiro atoms. The van der Waals surface area contributed by atoms with Crippen molar-refractivity contribution in [2.24, 2.45) is 10.7 Å². The molecule has 0 radical (unpaired) electrons. The number of rotatable bonds is 3. The Balaban J connectivity index is 0.00000196. The van der Waals surface area contributed by atoms with E-state index in [0.29, 0.717) is 12.5 Å². The van der Waals surface area contributed by atoms with Crippen molar-refractivity contribution in [3.05, 3.63) is 65.1 Å². The Labute approximate surface area is 170 Å². The fourth-order valence-electron chi connectivity index (χ4n) is 3.52. The maximum Gasteiger partial charge on any atom is 0.193 e. The molecule has 0 aliphatic heterocycles. The molecule has 0 saturated heterocycles. The van der Waals surface area contributed by atoms with Gasteiger partial charge in [0.15, 0.2) is 5.96 Å². The number of aromatic nitrogens is 2. The van der Waals surface area contributed by atoms with Crippen LogP contribution in [0.1, 0.15) is 35.4 Å². The molecule has 2 heterocycles. The molecule has 0 unspecified atom stereocenters. The molecule has 4 rings (SSSR count). The van der Waals surface area contributed by atoms with Crippen molar-refractivity contribution in [1.29, 1.82) is 0 Å². The molecular weight excluding hydrogens is 437 g/mol. The van der Waals surface area contributed by atoms with Crippen LogP contribution in [0.25, 0.3) is 5.65 Å². The van der Waals surface area contributed by atoms with Crippen LogP contribution in [-0.4, -0.2) is 15.3 Å². The summed E-state index contributed by atoms with van der Waals surface area (Å²) >= 11 is 0. The molecule has 1 aliphatic rings. The van der Waals surface area contributed by atoms with E-state index < -0.39 is 0 Å². The number of hydrogen-bond donors (Lipinski definition) is 2. The Kier molecular flexibility index (Phi) is 5.80. The maximum absolute atomic E-state index is 6.12. The van der Waals surface area contributed by atoms with Gasteiger partial charge in [0.05, 0.1) is 12.2 Å². The van der Waals surface area contributed by atoms with Crippen LogP contribution in [-0.2, 0) is 19.4 Å². The maximum atomic E-state index is 6.12. The number of nitrogens with two attached hydrogens (primary N) is 1. The summed E-state index contributed by atoms with van der Waals surface area (Å²) in [6.45, 7) is 2.53. The van der Waals surface area contributed by atoms with E-state index >= 15 is 0 Å². The molecule has 3 aromatic rings. The second kappa shape index (κ2) is 8.07. The van der Waals surface area contributed by atoms with Crippen molar-refractivity contribution in [2.75, 3.05) is 5.32 Å². The van der Waals surface area contributed by atoms with Crippen molar-refractivity contribution in [2.45, 2.75) is 39.2 Å². The minimum atomic E-state index is 0. The summed E-state index contributed by atoms with van der Waals surface area (Å²) in [5, 5.41) is 3.28. The quantitative estimate of drug-likeness (QED) is 0.351.